The summed E-state index contributed by atoms with van der Waals surface area (Å²) in [4.78, 5) is 26.0. The molecule has 0 radical (unpaired) electrons. The van der Waals surface area contributed by atoms with Crippen LogP contribution in [-0.4, -0.2) is 23.6 Å². The van der Waals surface area contributed by atoms with Crippen LogP contribution < -0.4 is 0 Å². The Morgan fingerprint density at radius 3 is 2.21 bits per heavy atom. The topological polar surface area (TPSA) is 37.4 Å². The number of benzene rings is 2. The van der Waals surface area contributed by atoms with Gasteiger partial charge in [0.25, 0.3) is 0 Å². The van der Waals surface area contributed by atoms with Crippen molar-refractivity contribution < 1.29 is 14.0 Å². The number of hydrogen-bond donors (Lipinski definition) is 0. The summed E-state index contributed by atoms with van der Waals surface area (Å²) in [5.74, 6) is -0.537. The van der Waals surface area contributed by atoms with Crippen LogP contribution in [0, 0.1) is 5.82 Å². The summed E-state index contributed by atoms with van der Waals surface area (Å²) >= 11 is 5.79. The van der Waals surface area contributed by atoms with Crippen LogP contribution in [0.4, 0.5) is 4.39 Å². The highest BCUT2D eigenvalue weighted by molar-refractivity contribution is 6.30. The standard InChI is InChI=1S/C19H19ClFNO2/c1-13(14-5-9-17(21)10-6-14)22(2)19(24)12-11-18(23)15-3-7-16(20)8-4-15/h3-10,13H,11-12H2,1-2H3. The normalized spacial score (nSPS) is 11.8. The number of nitrogens with zero attached hydrogens (tertiary/aromatic N) is 1. The Bertz CT molecular complexity index is 713. The van der Waals surface area contributed by atoms with E-state index in [1.807, 2.05) is 6.92 Å². The average molecular weight is 348 g/mol. The molecule has 0 saturated heterocycles. The van der Waals surface area contributed by atoms with Crippen molar-refractivity contribution in [2.24, 2.45) is 0 Å². The van der Waals surface area contributed by atoms with Crippen molar-refractivity contribution in [3.8, 4) is 0 Å². The van der Waals surface area contributed by atoms with E-state index in [4.69, 9.17) is 11.6 Å². The average Bonchev–Trinajstić information content (AvgIpc) is 2.59. The first-order valence-corrected chi connectivity index (χ1v) is 8.06. The molecule has 0 aliphatic rings. The van der Waals surface area contributed by atoms with Gasteiger partial charge in [-0.05, 0) is 48.9 Å². The highest BCUT2D eigenvalue weighted by Crippen LogP contribution is 2.20. The summed E-state index contributed by atoms with van der Waals surface area (Å²) < 4.78 is 13.0. The van der Waals surface area contributed by atoms with E-state index in [2.05, 4.69) is 0 Å². The number of amides is 1. The van der Waals surface area contributed by atoms with E-state index in [-0.39, 0.29) is 36.4 Å². The van der Waals surface area contributed by atoms with Gasteiger partial charge in [-0.15, -0.1) is 0 Å². The van der Waals surface area contributed by atoms with Gasteiger partial charge in [0.05, 0.1) is 6.04 Å². The minimum atomic E-state index is -0.312. The van der Waals surface area contributed by atoms with Gasteiger partial charge in [0.2, 0.25) is 5.91 Å². The molecule has 0 heterocycles. The molecule has 3 nitrogen and oxygen atoms in total. The van der Waals surface area contributed by atoms with Crippen LogP contribution in [0.3, 0.4) is 0 Å². The maximum atomic E-state index is 13.0. The maximum absolute atomic E-state index is 13.0. The fourth-order valence-corrected chi connectivity index (χ4v) is 2.48. The van der Waals surface area contributed by atoms with E-state index in [0.29, 0.717) is 10.6 Å². The van der Waals surface area contributed by atoms with E-state index in [9.17, 15) is 14.0 Å². The third-order valence-electron chi connectivity index (χ3n) is 4.06. The molecule has 0 aromatic heterocycles. The van der Waals surface area contributed by atoms with E-state index in [1.165, 1.54) is 12.1 Å². The lowest BCUT2D eigenvalue weighted by Gasteiger charge is -2.25. The van der Waals surface area contributed by atoms with Crippen molar-refractivity contribution in [2.45, 2.75) is 25.8 Å². The quantitative estimate of drug-likeness (QED) is 0.712. The van der Waals surface area contributed by atoms with Crippen molar-refractivity contribution in [3.05, 3.63) is 70.5 Å². The third kappa shape index (κ3) is 4.65. The van der Waals surface area contributed by atoms with Gasteiger partial charge in [-0.25, -0.2) is 4.39 Å². The number of rotatable bonds is 6. The van der Waals surface area contributed by atoms with Crippen LogP contribution in [0.15, 0.2) is 48.5 Å². The molecule has 0 aliphatic carbocycles. The summed E-state index contributed by atoms with van der Waals surface area (Å²) in [5, 5.41) is 0.565. The van der Waals surface area contributed by atoms with Gasteiger partial charge in [0.15, 0.2) is 5.78 Å². The van der Waals surface area contributed by atoms with Gasteiger partial charge < -0.3 is 4.90 Å². The number of ketones is 1. The Morgan fingerprint density at radius 1 is 1.04 bits per heavy atom. The van der Waals surface area contributed by atoms with Gasteiger partial charge in [-0.3, -0.25) is 9.59 Å². The second-order valence-electron chi connectivity index (χ2n) is 5.66. The van der Waals surface area contributed by atoms with Gasteiger partial charge in [0, 0.05) is 30.5 Å². The van der Waals surface area contributed by atoms with E-state index in [0.717, 1.165) is 5.56 Å². The largest absolute Gasteiger partial charge is 0.339 e. The molecule has 1 atom stereocenters. The molecule has 2 aromatic rings. The monoisotopic (exact) mass is 347 g/mol. The molecule has 0 spiro atoms. The molecule has 1 unspecified atom stereocenters. The highest BCUT2D eigenvalue weighted by Gasteiger charge is 2.18. The fourth-order valence-electron chi connectivity index (χ4n) is 2.36. The van der Waals surface area contributed by atoms with Crippen molar-refractivity contribution in [3.63, 3.8) is 0 Å². The van der Waals surface area contributed by atoms with Gasteiger partial charge in [0.1, 0.15) is 5.82 Å². The van der Waals surface area contributed by atoms with E-state index in [1.54, 1.807) is 48.3 Å². The first kappa shape index (κ1) is 18.1. The molecule has 24 heavy (non-hydrogen) atoms. The zero-order valence-electron chi connectivity index (χ0n) is 13.6. The number of halogens is 2. The van der Waals surface area contributed by atoms with Crippen LogP contribution in [0.25, 0.3) is 0 Å². The van der Waals surface area contributed by atoms with Crippen molar-refractivity contribution in [2.75, 3.05) is 7.05 Å². The minimum absolute atomic E-state index is 0.0946. The number of carbonyl (C=O) groups excluding carboxylic acids is 2. The molecule has 0 N–H and O–H groups in total. The van der Waals surface area contributed by atoms with Gasteiger partial charge in [-0.2, -0.15) is 0 Å². The van der Waals surface area contributed by atoms with Crippen LogP contribution in [0.1, 0.15) is 41.7 Å². The smallest absolute Gasteiger partial charge is 0.223 e. The lowest BCUT2D eigenvalue weighted by molar-refractivity contribution is -0.131. The minimum Gasteiger partial charge on any atom is -0.339 e. The van der Waals surface area contributed by atoms with Crippen LogP contribution in [-0.2, 0) is 4.79 Å². The second-order valence-corrected chi connectivity index (χ2v) is 6.10. The molecule has 5 heteroatoms. The Labute approximate surface area is 146 Å². The molecule has 0 saturated carbocycles. The van der Waals surface area contributed by atoms with E-state index < -0.39 is 0 Å². The molecule has 2 aromatic carbocycles. The first-order chi connectivity index (χ1) is 11.4. The zero-order valence-corrected chi connectivity index (χ0v) is 14.4. The number of Topliss-reactive ketones (excluding diaryl/α,β-unsaturated/α-hetero) is 1. The Balaban J connectivity index is 1.92. The summed E-state index contributed by atoms with van der Waals surface area (Å²) in [6.45, 7) is 1.87. The number of carbonyl (C=O) groups is 2. The lowest BCUT2D eigenvalue weighted by Crippen LogP contribution is -2.29. The van der Waals surface area contributed by atoms with Crippen molar-refractivity contribution in [1.29, 1.82) is 0 Å². The fraction of sp³-hybridized carbons (Fsp3) is 0.263. The van der Waals surface area contributed by atoms with Crippen molar-refractivity contribution in [1.82, 2.24) is 4.90 Å². The van der Waals surface area contributed by atoms with E-state index >= 15 is 0 Å². The van der Waals surface area contributed by atoms with Crippen LogP contribution in [0.5, 0.6) is 0 Å². The Morgan fingerprint density at radius 2 is 1.62 bits per heavy atom. The molecule has 1 amide bonds. The zero-order chi connectivity index (χ0) is 17.7. The summed E-state index contributed by atoms with van der Waals surface area (Å²) in [6, 6.07) is 12.5. The molecule has 126 valence electrons. The molecule has 2 rings (SSSR count). The van der Waals surface area contributed by atoms with Crippen LogP contribution in [0.2, 0.25) is 5.02 Å². The summed E-state index contributed by atoms with van der Waals surface area (Å²) in [6.07, 6.45) is 0.268. The molecule has 0 aliphatic heterocycles. The first-order valence-electron chi connectivity index (χ1n) is 7.68. The second kappa shape index (κ2) is 8.06. The maximum Gasteiger partial charge on any atom is 0.223 e. The SMILES string of the molecule is CC(c1ccc(F)cc1)N(C)C(=O)CCC(=O)c1ccc(Cl)cc1. The predicted molar refractivity (Wildman–Crippen MR) is 92.6 cm³/mol. The Kier molecular flexibility index (Phi) is 6.10. The molecule has 0 fully saturated rings. The summed E-state index contributed by atoms with van der Waals surface area (Å²) in [5.41, 5.74) is 1.39. The lowest BCUT2D eigenvalue weighted by atomic mass is 10.0. The Hall–Kier alpha value is -2.20. The number of hydrogen-bond acceptors (Lipinski definition) is 2. The molecule has 0 bridgehead atoms. The highest BCUT2D eigenvalue weighted by atomic mass is 35.5. The van der Waals surface area contributed by atoms with Crippen molar-refractivity contribution >= 4 is 23.3 Å². The van der Waals surface area contributed by atoms with Crippen LogP contribution >= 0.6 is 11.6 Å². The summed E-state index contributed by atoms with van der Waals surface area (Å²) in [7, 11) is 1.68. The predicted octanol–water partition coefficient (Wildman–Crippen LogP) is 4.66. The third-order valence-corrected chi connectivity index (χ3v) is 4.31. The van der Waals surface area contributed by atoms with Gasteiger partial charge in [-0.1, -0.05) is 23.7 Å². The van der Waals surface area contributed by atoms with Gasteiger partial charge >= 0.3 is 0 Å². The molecular weight excluding hydrogens is 329 g/mol. The molecular formula is C19H19ClFNO2.